The Morgan fingerprint density at radius 3 is 2.80 bits per heavy atom. The number of aryl methyl sites for hydroxylation is 1. The molecule has 0 aliphatic heterocycles. The lowest BCUT2D eigenvalue weighted by atomic mass is 9.86. The van der Waals surface area contributed by atoms with Gasteiger partial charge in [0, 0.05) is 25.5 Å². The second-order valence-electron chi connectivity index (χ2n) is 6.43. The third kappa shape index (κ3) is 3.40. The SMILES string of the molecule is O=C(OCc1ccccc1)C1CCc2[nH]c3cc(Br)cc(Br)c3c2C1. The summed E-state index contributed by atoms with van der Waals surface area (Å²) < 4.78 is 7.63. The maximum atomic E-state index is 12.5. The summed E-state index contributed by atoms with van der Waals surface area (Å²) in [4.78, 5) is 16.0. The minimum atomic E-state index is -0.0999. The molecule has 5 heteroatoms. The number of halogens is 2. The van der Waals surface area contributed by atoms with Crippen LogP contribution in [0.5, 0.6) is 0 Å². The predicted octanol–water partition coefficient (Wildman–Crippen LogP) is 5.54. The van der Waals surface area contributed by atoms with Gasteiger partial charge in [-0.2, -0.15) is 0 Å². The van der Waals surface area contributed by atoms with Crippen molar-refractivity contribution < 1.29 is 9.53 Å². The van der Waals surface area contributed by atoms with E-state index in [4.69, 9.17) is 4.74 Å². The molecule has 1 aliphatic carbocycles. The third-order valence-corrected chi connectivity index (χ3v) is 5.84. The Morgan fingerprint density at radius 1 is 1.20 bits per heavy atom. The predicted molar refractivity (Wildman–Crippen MR) is 105 cm³/mol. The second kappa shape index (κ2) is 6.96. The van der Waals surface area contributed by atoms with Crippen molar-refractivity contribution in [1.82, 2.24) is 4.98 Å². The van der Waals surface area contributed by atoms with Gasteiger partial charge in [0.25, 0.3) is 0 Å². The van der Waals surface area contributed by atoms with Crippen LogP contribution in [0.15, 0.2) is 51.4 Å². The Labute approximate surface area is 163 Å². The van der Waals surface area contributed by atoms with Crippen molar-refractivity contribution in [3.05, 3.63) is 68.2 Å². The van der Waals surface area contributed by atoms with Crippen molar-refractivity contribution in [2.75, 3.05) is 0 Å². The van der Waals surface area contributed by atoms with Crippen LogP contribution in [0.25, 0.3) is 10.9 Å². The highest BCUT2D eigenvalue weighted by Gasteiger charge is 2.29. The number of esters is 1. The molecule has 1 N–H and O–H groups in total. The zero-order valence-corrected chi connectivity index (χ0v) is 16.7. The topological polar surface area (TPSA) is 42.1 Å². The first-order valence-corrected chi connectivity index (χ1v) is 9.89. The van der Waals surface area contributed by atoms with Crippen molar-refractivity contribution in [1.29, 1.82) is 0 Å². The molecular weight excluding hydrogens is 446 g/mol. The average molecular weight is 463 g/mol. The van der Waals surface area contributed by atoms with E-state index < -0.39 is 0 Å². The third-order valence-electron chi connectivity index (χ3n) is 4.76. The number of hydrogen-bond acceptors (Lipinski definition) is 2. The average Bonchev–Trinajstić information content (AvgIpc) is 2.98. The quantitative estimate of drug-likeness (QED) is 0.519. The van der Waals surface area contributed by atoms with Crippen LogP contribution in [0.2, 0.25) is 0 Å². The lowest BCUT2D eigenvalue weighted by molar-refractivity contribution is -0.150. The summed E-state index contributed by atoms with van der Waals surface area (Å²) in [5.74, 6) is -0.178. The summed E-state index contributed by atoms with van der Waals surface area (Å²) >= 11 is 7.19. The van der Waals surface area contributed by atoms with Crippen molar-refractivity contribution >= 4 is 48.7 Å². The van der Waals surface area contributed by atoms with Gasteiger partial charge in [-0.05, 0) is 42.5 Å². The Hall–Kier alpha value is -1.59. The molecule has 0 amide bonds. The van der Waals surface area contributed by atoms with Crippen LogP contribution in [0.4, 0.5) is 0 Å². The fraction of sp³-hybridized carbons (Fsp3) is 0.250. The van der Waals surface area contributed by atoms with Gasteiger partial charge in [-0.1, -0.05) is 62.2 Å². The molecule has 2 aromatic carbocycles. The number of fused-ring (bicyclic) bond motifs is 3. The van der Waals surface area contributed by atoms with Gasteiger partial charge in [0.2, 0.25) is 0 Å². The van der Waals surface area contributed by atoms with Gasteiger partial charge in [-0.3, -0.25) is 4.79 Å². The van der Waals surface area contributed by atoms with E-state index in [1.54, 1.807) is 0 Å². The van der Waals surface area contributed by atoms with Crippen LogP contribution in [0.1, 0.15) is 23.2 Å². The highest BCUT2D eigenvalue weighted by molar-refractivity contribution is 9.11. The number of aromatic amines is 1. The fourth-order valence-corrected chi connectivity index (χ4v) is 4.99. The van der Waals surface area contributed by atoms with Crippen LogP contribution in [-0.2, 0) is 29.0 Å². The number of hydrogen-bond donors (Lipinski definition) is 1. The van der Waals surface area contributed by atoms with Crippen LogP contribution in [-0.4, -0.2) is 11.0 Å². The normalized spacial score (nSPS) is 16.6. The molecule has 1 atom stereocenters. The Balaban J connectivity index is 1.53. The van der Waals surface area contributed by atoms with E-state index in [9.17, 15) is 4.79 Å². The van der Waals surface area contributed by atoms with E-state index >= 15 is 0 Å². The molecule has 25 heavy (non-hydrogen) atoms. The molecule has 0 saturated heterocycles. The number of aromatic nitrogens is 1. The molecule has 3 nitrogen and oxygen atoms in total. The Bertz CT molecular complexity index is 934. The molecule has 1 heterocycles. The maximum Gasteiger partial charge on any atom is 0.309 e. The maximum absolute atomic E-state index is 12.5. The summed E-state index contributed by atoms with van der Waals surface area (Å²) in [5, 5.41) is 1.18. The zero-order chi connectivity index (χ0) is 17.4. The number of rotatable bonds is 3. The largest absolute Gasteiger partial charge is 0.461 e. The summed E-state index contributed by atoms with van der Waals surface area (Å²) in [5.41, 5.74) is 4.60. The summed E-state index contributed by atoms with van der Waals surface area (Å²) in [6, 6.07) is 14.0. The smallest absolute Gasteiger partial charge is 0.309 e. The van der Waals surface area contributed by atoms with Crippen molar-refractivity contribution in [2.24, 2.45) is 5.92 Å². The van der Waals surface area contributed by atoms with Gasteiger partial charge < -0.3 is 9.72 Å². The zero-order valence-electron chi connectivity index (χ0n) is 13.5. The monoisotopic (exact) mass is 461 g/mol. The van der Waals surface area contributed by atoms with Crippen LogP contribution in [0.3, 0.4) is 0 Å². The minimum Gasteiger partial charge on any atom is -0.461 e. The number of benzene rings is 2. The first-order chi connectivity index (χ1) is 12.1. The molecular formula is C20H17Br2NO2. The molecule has 3 aromatic rings. The number of carbonyl (C=O) groups excluding carboxylic acids is 1. The molecule has 1 unspecified atom stereocenters. The first-order valence-electron chi connectivity index (χ1n) is 8.31. The van der Waals surface area contributed by atoms with E-state index in [-0.39, 0.29) is 11.9 Å². The van der Waals surface area contributed by atoms with E-state index in [0.717, 1.165) is 39.3 Å². The number of H-pyrrole nitrogens is 1. The summed E-state index contributed by atoms with van der Waals surface area (Å²) in [7, 11) is 0. The lowest BCUT2D eigenvalue weighted by Gasteiger charge is -2.21. The Kier molecular flexibility index (Phi) is 4.69. The lowest BCUT2D eigenvalue weighted by Crippen LogP contribution is -2.24. The minimum absolute atomic E-state index is 0.0780. The molecule has 0 saturated carbocycles. The number of ether oxygens (including phenoxy) is 1. The van der Waals surface area contributed by atoms with Crippen molar-refractivity contribution in [3.8, 4) is 0 Å². The molecule has 0 spiro atoms. The van der Waals surface area contributed by atoms with Crippen molar-refractivity contribution in [2.45, 2.75) is 25.9 Å². The number of nitrogens with one attached hydrogen (secondary N) is 1. The standard InChI is InChI=1S/C20H17Br2NO2/c21-14-9-16(22)19-15-8-13(6-7-17(15)23-18(19)10-14)20(24)25-11-12-4-2-1-3-5-12/h1-5,9-10,13,23H,6-8,11H2. The van der Waals surface area contributed by atoms with Gasteiger partial charge in [0.05, 0.1) is 5.92 Å². The molecule has 1 aromatic heterocycles. The van der Waals surface area contributed by atoms with Gasteiger partial charge in [0.15, 0.2) is 0 Å². The van der Waals surface area contributed by atoms with E-state index in [0.29, 0.717) is 6.61 Å². The van der Waals surface area contributed by atoms with E-state index in [1.165, 1.54) is 16.6 Å². The number of carbonyl (C=O) groups is 1. The molecule has 0 radical (unpaired) electrons. The molecule has 4 rings (SSSR count). The molecule has 128 valence electrons. The molecule has 0 fully saturated rings. The first kappa shape index (κ1) is 16.9. The molecule has 0 bridgehead atoms. The Morgan fingerprint density at radius 2 is 2.00 bits per heavy atom. The van der Waals surface area contributed by atoms with Crippen LogP contribution >= 0.6 is 31.9 Å². The fourth-order valence-electron chi connectivity index (χ4n) is 3.52. The van der Waals surface area contributed by atoms with Gasteiger partial charge >= 0.3 is 5.97 Å². The summed E-state index contributed by atoms with van der Waals surface area (Å²) in [6.45, 7) is 0.341. The van der Waals surface area contributed by atoms with E-state index in [2.05, 4.69) is 42.9 Å². The van der Waals surface area contributed by atoms with Crippen molar-refractivity contribution in [3.63, 3.8) is 0 Å². The molecule has 1 aliphatic rings. The highest BCUT2D eigenvalue weighted by Crippen LogP contribution is 2.37. The van der Waals surface area contributed by atoms with Gasteiger partial charge in [0.1, 0.15) is 6.61 Å². The second-order valence-corrected chi connectivity index (χ2v) is 8.20. The van der Waals surface area contributed by atoms with Crippen LogP contribution < -0.4 is 0 Å². The van der Waals surface area contributed by atoms with Crippen LogP contribution in [0, 0.1) is 5.92 Å². The summed E-state index contributed by atoms with van der Waals surface area (Å²) in [6.07, 6.45) is 2.43. The van der Waals surface area contributed by atoms with E-state index in [1.807, 2.05) is 36.4 Å². The highest BCUT2D eigenvalue weighted by atomic mass is 79.9. The van der Waals surface area contributed by atoms with Gasteiger partial charge in [-0.25, -0.2) is 0 Å². The van der Waals surface area contributed by atoms with Gasteiger partial charge in [-0.15, -0.1) is 0 Å².